The lowest BCUT2D eigenvalue weighted by molar-refractivity contribution is -0.385. The van der Waals surface area contributed by atoms with Gasteiger partial charge in [-0.3, -0.25) is 14.4 Å². The van der Waals surface area contributed by atoms with Gasteiger partial charge in [0.15, 0.2) is 31.5 Å². The molecule has 5 heterocycles. The highest BCUT2D eigenvalue weighted by Crippen LogP contribution is 2.37. The Balaban J connectivity index is 1.55. The Morgan fingerprint density at radius 3 is 1.22 bits per heavy atom. The fourth-order valence-electron chi connectivity index (χ4n) is 9.32. The molecule has 0 unspecified atom stereocenters. The highest BCUT2D eigenvalue weighted by molar-refractivity contribution is 5.74. The van der Waals surface area contributed by atoms with Gasteiger partial charge in [0.1, 0.15) is 140 Å². The molecule has 0 bridgehead atoms. The van der Waals surface area contributed by atoms with Crippen LogP contribution in [0.25, 0.3) is 0 Å². The van der Waals surface area contributed by atoms with Crippen molar-refractivity contribution in [3.8, 4) is 0 Å². The van der Waals surface area contributed by atoms with Crippen molar-refractivity contribution in [3.05, 3.63) is 0 Å². The number of carbonyl (C=O) groups excluding carboxylic acids is 3. The SMILES string of the molecule is CC(=O)N[C@H]1[C@@H](O[C@H]([C@H](O[C@@H]2O[C@H](CO)[C@@H](O)[C@H](O)[C@H]2O)[C@H](CO)NC(C)=O)[C@H](O)CO)O[C@H](CO)[C@@H](O[C@@H]2O[C@H](CO)[C@H](O[C@H]3O[C@H](CO)[C@@H](O)[C@H](O)[C@H]3O)[C@H](O[C@@H]3O[C@H](CO)[C@H](O)[C@H](O)[C@H]3O)[C@H]2NC(C)=O)[C@@H]1O. The second-order valence-corrected chi connectivity index (χ2v) is 18.7. The molecule has 21 N–H and O–H groups in total. The maximum Gasteiger partial charge on any atom is 0.217 e. The molecule has 5 rings (SSSR count). The Bertz CT molecular complexity index is 1810. The van der Waals surface area contributed by atoms with Gasteiger partial charge in [-0.2, -0.15) is 0 Å². The summed E-state index contributed by atoms with van der Waals surface area (Å²) in [5.41, 5.74) is 0. The zero-order valence-electron chi connectivity index (χ0n) is 41.0. The standard InChI is InChI=1S/C42H73N3O31/c1-11(53)43-14(4-46)33(72-40-30(64)27(61)23(57)16(6-48)67-40)34(15(56)5-47)73-38-21(44-12(2)54)26(60)35(19(9-51)70-38)74-39-22(45-13(3)55)37(76-42-32(66)29(63)25(59)18(8-50)69-42)36(20(10-52)71-39)75-41-31(65)28(62)24(58)17(7-49)68-41/h14-42,46-52,56-66H,4-10H2,1-3H3,(H,43,53)(H,44,54)(H,45,55)/t14-,15+,16+,17+,18+,19+,20+,21+,22+,23+,24+,25-,26+,27-,28-,29-,30+,31+,32+,33+,34-,35+,36-,37+,38+,39-,40-,41+,42-/m0/s1. The Morgan fingerprint density at radius 1 is 0.408 bits per heavy atom. The van der Waals surface area contributed by atoms with Gasteiger partial charge in [0.2, 0.25) is 17.7 Å². The monoisotopic (exact) mass is 1120 g/mol. The van der Waals surface area contributed by atoms with E-state index in [1.54, 1.807) is 0 Å². The van der Waals surface area contributed by atoms with Crippen LogP contribution in [0.5, 0.6) is 0 Å². The predicted molar refractivity (Wildman–Crippen MR) is 236 cm³/mol. The van der Waals surface area contributed by atoms with Crippen molar-refractivity contribution in [2.45, 2.75) is 199 Å². The van der Waals surface area contributed by atoms with Crippen LogP contribution in [0, 0.1) is 0 Å². The van der Waals surface area contributed by atoms with Gasteiger partial charge in [0.25, 0.3) is 0 Å². The highest BCUT2D eigenvalue weighted by atomic mass is 16.8. The zero-order chi connectivity index (χ0) is 56.6. The van der Waals surface area contributed by atoms with E-state index in [0.29, 0.717) is 0 Å². The molecule has 0 spiro atoms. The van der Waals surface area contributed by atoms with Gasteiger partial charge in [-0.15, -0.1) is 0 Å². The molecule has 34 heteroatoms. The Kier molecular flexibility index (Phi) is 24.1. The van der Waals surface area contributed by atoms with Crippen molar-refractivity contribution in [1.29, 1.82) is 0 Å². The number of hydrogen-bond acceptors (Lipinski definition) is 31. The van der Waals surface area contributed by atoms with Gasteiger partial charge < -0.3 is 155 Å². The van der Waals surface area contributed by atoms with Crippen LogP contribution in [0.2, 0.25) is 0 Å². The minimum absolute atomic E-state index is 0.835. The lowest BCUT2D eigenvalue weighted by Crippen LogP contribution is -2.72. The number of rotatable bonds is 23. The summed E-state index contributed by atoms with van der Waals surface area (Å²) in [5, 5.41) is 199. The minimum atomic E-state index is -2.19. The molecule has 29 atom stereocenters. The van der Waals surface area contributed by atoms with Crippen molar-refractivity contribution in [1.82, 2.24) is 16.0 Å². The quantitative estimate of drug-likeness (QED) is 0.0452. The molecule has 3 amide bonds. The third kappa shape index (κ3) is 14.6. The molecule has 0 aromatic heterocycles. The average Bonchev–Trinajstić information content (AvgIpc) is 3.39. The predicted octanol–water partition coefficient (Wildman–Crippen LogP) is -14.0. The molecule has 0 aromatic rings. The number of ether oxygens (including phenoxy) is 10. The van der Waals surface area contributed by atoms with E-state index in [0.717, 1.165) is 20.8 Å². The molecule has 0 aliphatic carbocycles. The van der Waals surface area contributed by atoms with Crippen molar-refractivity contribution < 1.29 is 154 Å². The number of amides is 3. The first-order valence-electron chi connectivity index (χ1n) is 24.0. The number of carbonyl (C=O) groups is 3. The van der Waals surface area contributed by atoms with E-state index in [2.05, 4.69) is 16.0 Å². The van der Waals surface area contributed by atoms with E-state index in [4.69, 9.17) is 47.4 Å². The van der Waals surface area contributed by atoms with Gasteiger partial charge in [-0.05, 0) is 0 Å². The van der Waals surface area contributed by atoms with Gasteiger partial charge in [0.05, 0.1) is 52.3 Å². The lowest BCUT2D eigenvalue weighted by Gasteiger charge is -2.52. The summed E-state index contributed by atoms with van der Waals surface area (Å²) >= 11 is 0. The topological polar surface area (TPSA) is 544 Å². The fraction of sp³-hybridized carbons (Fsp3) is 0.929. The molecule has 5 aliphatic heterocycles. The van der Waals surface area contributed by atoms with Crippen LogP contribution >= 0.6 is 0 Å². The summed E-state index contributed by atoms with van der Waals surface area (Å²) in [5.74, 6) is -2.68. The molecule has 34 nitrogen and oxygen atoms in total. The molecule has 5 fully saturated rings. The molecular weight excluding hydrogens is 1040 g/mol. The van der Waals surface area contributed by atoms with E-state index in [9.17, 15) is 106 Å². The maximum atomic E-state index is 13.0. The van der Waals surface area contributed by atoms with Crippen LogP contribution in [0.1, 0.15) is 20.8 Å². The summed E-state index contributed by atoms with van der Waals surface area (Å²) in [6, 6.07) is -5.48. The summed E-state index contributed by atoms with van der Waals surface area (Å²) in [6.07, 6.45) is -51.4. The largest absolute Gasteiger partial charge is 0.394 e. The Hall–Kier alpha value is -2.71. The molecule has 5 aliphatic rings. The second-order valence-electron chi connectivity index (χ2n) is 18.7. The van der Waals surface area contributed by atoms with Crippen LogP contribution in [0.15, 0.2) is 0 Å². The van der Waals surface area contributed by atoms with Crippen molar-refractivity contribution in [2.75, 3.05) is 46.2 Å². The van der Waals surface area contributed by atoms with E-state index in [-0.39, 0.29) is 0 Å². The number of hydrogen-bond donors (Lipinski definition) is 21. The van der Waals surface area contributed by atoms with Crippen LogP contribution < -0.4 is 16.0 Å². The highest BCUT2D eigenvalue weighted by Gasteiger charge is 2.58. The molecule has 0 aromatic carbocycles. The molecule has 0 radical (unpaired) electrons. The number of nitrogens with one attached hydrogen (secondary N) is 3. The van der Waals surface area contributed by atoms with Crippen LogP contribution in [-0.2, 0) is 61.8 Å². The van der Waals surface area contributed by atoms with Crippen LogP contribution in [0.3, 0.4) is 0 Å². The van der Waals surface area contributed by atoms with Gasteiger partial charge >= 0.3 is 0 Å². The van der Waals surface area contributed by atoms with Gasteiger partial charge in [-0.1, -0.05) is 0 Å². The van der Waals surface area contributed by atoms with Crippen molar-refractivity contribution >= 4 is 17.7 Å². The third-order valence-electron chi connectivity index (χ3n) is 13.3. The Labute approximate surface area is 431 Å². The first-order valence-corrected chi connectivity index (χ1v) is 24.0. The minimum Gasteiger partial charge on any atom is -0.394 e. The first-order chi connectivity index (χ1) is 35.9. The van der Waals surface area contributed by atoms with Crippen LogP contribution in [-0.4, -0.2) is 334 Å². The number of aliphatic hydroxyl groups excluding tert-OH is 18. The number of aliphatic hydroxyl groups is 18. The first kappa shape index (κ1) is 64.1. The van der Waals surface area contributed by atoms with Crippen molar-refractivity contribution in [3.63, 3.8) is 0 Å². The van der Waals surface area contributed by atoms with E-state index in [1.165, 1.54) is 0 Å². The Morgan fingerprint density at radius 2 is 0.789 bits per heavy atom. The lowest BCUT2D eigenvalue weighted by atomic mass is 9.93. The molecular formula is C42H73N3O31. The maximum absolute atomic E-state index is 13.0. The van der Waals surface area contributed by atoms with Crippen molar-refractivity contribution in [2.24, 2.45) is 0 Å². The molecule has 5 saturated heterocycles. The normalized spacial score (nSPS) is 43.8. The second kappa shape index (κ2) is 28.6. The summed E-state index contributed by atoms with van der Waals surface area (Å²) < 4.78 is 58.9. The molecule has 76 heavy (non-hydrogen) atoms. The molecule has 0 saturated carbocycles. The summed E-state index contributed by atoms with van der Waals surface area (Å²) in [6.45, 7) is -4.45. The van der Waals surface area contributed by atoms with Gasteiger partial charge in [-0.25, -0.2) is 0 Å². The van der Waals surface area contributed by atoms with Gasteiger partial charge in [0, 0.05) is 20.8 Å². The molecule has 442 valence electrons. The van der Waals surface area contributed by atoms with E-state index in [1.807, 2.05) is 0 Å². The smallest absolute Gasteiger partial charge is 0.217 e. The summed E-state index contributed by atoms with van der Waals surface area (Å²) in [4.78, 5) is 38.3. The van der Waals surface area contributed by atoms with E-state index >= 15 is 0 Å². The average molecular weight is 1120 g/mol. The summed E-state index contributed by atoms with van der Waals surface area (Å²) in [7, 11) is 0. The van der Waals surface area contributed by atoms with Crippen LogP contribution in [0.4, 0.5) is 0 Å². The zero-order valence-corrected chi connectivity index (χ0v) is 41.0. The van der Waals surface area contributed by atoms with E-state index < -0.39 is 242 Å². The third-order valence-corrected chi connectivity index (χ3v) is 13.3. The fourth-order valence-corrected chi connectivity index (χ4v) is 9.32.